The molecule has 128 valence electrons. The van der Waals surface area contributed by atoms with Gasteiger partial charge in [0.05, 0.1) is 12.7 Å². The van der Waals surface area contributed by atoms with E-state index >= 15 is 0 Å². The zero-order valence-corrected chi connectivity index (χ0v) is 15.5. The van der Waals surface area contributed by atoms with Crippen molar-refractivity contribution in [2.45, 2.75) is 6.42 Å². The van der Waals surface area contributed by atoms with E-state index in [1.807, 2.05) is 60.7 Å². The van der Waals surface area contributed by atoms with E-state index in [1.165, 1.54) is 0 Å². The highest BCUT2D eigenvalue weighted by atomic mass is 79.9. The van der Waals surface area contributed by atoms with Crippen molar-refractivity contribution in [3.8, 4) is 11.1 Å². The maximum atomic E-state index is 12.4. The summed E-state index contributed by atoms with van der Waals surface area (Å²) in [5.74, 6) is -0.0693. The summed E-state index contributed by atoms with van der Waals surface area (Å²) in [4.78, 5) is 12.4. The fourth-order valence-corrected chi connectivity index (χ4v) is 3.31. The number of rotatable bonds is 4. The first-order valence-electron chi connectivity index (χ1n) is 8.30. The molecule has 0 spiro atoms. The molecule has 1 aromatic heterocycles. The first kappa shape index (κ1) is 16.6. The lowest BCUT2D eigenvalue weighted by molar-refractivity contribution is -0.115. The number of hydrogen-bond acceptors (Lipinski definition) is 2. The summed E-state index contributed by atoms with van der Waals surface area (Å²) in [5.41, 5.74) is 4.71. The van der Waals surface area contributed by atoms with Gasteiger partial charge in [-0.2, -0.15) is 0 Å². The Morgan fingerprint density at radius 3 is 2.42 bits per heavy atom. The van der Waals surface area contributed by atoms with Crippen LogP contribution in [-0.2, 0) is 11.2 Å². The number of carbonyl (C=O) groups is 1. The number of hydrogen-bond donors (Lipinski definition) is 1. The van der Waals surface area contributed by atoms with E-state index in [9.17, 15) is 4.79 Å². The molecule has 0 saturated carbocycles. The normalized spacial score (nSPS) is 10.8. The minimum absolute atomic E-state index is 0.0693. The summed E-state index contributed by atoms with van der Waals surface area (Å²) in [6.07, 6.45) is 1.92. The minimum Gasteiger partial charge on any atom is -0.464 e. The molecule has 1 N–H and O–H groups in total. The number of halogens is 1. The van der Waals surface area contributed by atoms with Crippen LogP contribution in [0.4, 0.5) is 5.69 Å². The molecule has 4 aromatic rings. The smallest absolute Gasteiger partial charge is 0.228 e. The lowest BCUT2D eigenvalue weighted by atomic mass is 10.1. The number of amides is 1. The third kappa shape index (κ3) is 3.55. The Hall–Kier alpha value is -2.85. The zero-order valence-electron chi connectivity index (χ0n) is 13.9. The second kappa shape index (κ2) is 7.18. The molecule has 0 aliphatic carbocycles. The van der Waals surface area contributed by atoms with E-state index in [2.05, 4.69) is 33.4 Å². The zero-order chi connectivity index (χ0) is 17.9. The van der Waals surface area contributed by atoms with E-state index in [0.29, 0.717) is 0 Å². The van der Waals surface area contributed by atoms with Crippen molar-refractivity contribution in [1.29, 1.82) is 0 Å². The summed E-state index contributed by atoms with van der Waals surface area (Å²) in [5, 5.41) is 3.90. The molecule has 4 rings (SSSR count). The van der Waals surface area contributed by atoms with Crippen molar-refractivity contribution < 1.29 is 9.21 Å². The SMILES string of the molecule is O=C(Cc1coc2ccc(Br)cc12)Nc1ccc(-c2ccccc2)cc1. The topological polar surface area (TPSA) is 42.2 Å². The van der Waals surface area contributed by atoms with Crippen molar-refractivity contribution in [3.05, 3.63) is 89.1 Å². The predicted octanol–water partition coefficient (Wildman–Crippen LogP) is 6.04. The minimum atomic E-state index is -0.0693. The number of benzene rings is 3. The van der Waals surface area contributed by atoms with E-state index in [1.54, 1.807) is 6.26 Å². The molecule has 0 saturated heterocycles. The number of carbonyl (C=O) groups excluding carboxylic acids is 1. The number of fused-ring (bicyclic) bond motifs is 1. The number of anilines is 1. The third-order valence-electron chi connectivity index (χ3n) is 4.24. The molecule has 26 heavy (non-hydrogen) atoms. The van der Waals surface area contributed by atoms with Crippen LogP contribution in [0.3, 0.4) is 0 Å². The summed E-state index contributed by atoms with van der Waals surface area (Å²) in [7, 11) is 0. The molecule has 3 aromatic carbocycles. The lowest BCUT2D eigenvalue weighted by Crippen LogP contribution is -2.14. The molecule has 4 heteroatoms. The van der Waals surface area contributed by atoms with Crippen LogP contribution >= 0.6 is 15.9 Å². The molecule has 1 amide bonds. The van der Waals surface area contributed by atoms with Crippen molar-refractivity contribution in [2.75, 3.05) is 5.32 Å². The molecule has 1 heterocycles. The summed E-state index contributed by atoms with van der Waals surface area (Å²) < 4.78 is 6.48. The number of furan rings is 1. The molecule has 0 aliphatic heterocycles. The number of nitrogens with one attached hydrogen (secondary N) is 1. The van der Waals surface area contributed by atoms with Crippen LogP contribution in [0.1, 0.15) is 5.56 Å². The first-order chi connectivity index (χ1) is 12.7. The highest BCUT2D eigenvalue weighted by molar-refractivity contribution is 9.10. The van der Waals surface area contributed by atoms with Crippen LogP contribution < -0.4 is 5.32 Å². The molecule has 0 radical (unpaired) electrons. The molecule has 0 fully saturated rings. The summed E-state index contributed by atoms with van der Waals surface area (Å²) >= 11 is 3.46. The average Bonchev–Trinajstić information content (AvgIpc) is 3.05. The summed E-state index contributed by atoms with van der Waals surface area (Å²) in [6, 6.07) is 23.8. The van der Waals surface area contributed by atoms with E-state index in [-0.39, 0.29) is 12.3 Å². The highest BCUT2D eigenvalue weighted by Gasteiger charge is 2.11. The van der Waals surface area contributed by atoms with Gasteiger partial charge in [-0.25, -0.2) is 0 Å². The first-order valence-corrected chi connectivity index (χ1v) is 9.09. The lowest BCUT2D eigenvalue weighted by Gasteiger charge is -2.06. The second-order valence-corrected chi connectivity index (χ2v) is 6.99. The molecule has 0 unspecified atom stereocenters. The Morgan fingerprint density at radius 1 is 0.923 bits per heavy atom. The Labute approximate surface area is 159 Å². The van der Waals surface area contributed by atoms with Gasteiger partial charge in [0.1, 0.15) is 5.58 Å². The van der Waals surface area contributed by atoms with Crippen LogP contribution in [-0.4, -0.2) is 5.91 Å². The largest absolute Gasteiger partial charge is 0.464 e. The van der Waals surface area contributed by atoms with Crippen molar-refractivity contribution in [2.24, 2.45) is 0 Å². The Kier molecular flexibility index (Phi) is 4.59. The van der Waals surface area contributed by atoms with Crippen molar-refractivity contribution >= 4 is 38.5 Å². The molecule has 0 atom stereocenters. The van der Waals surface area contributed by atoms with Gasteiger partial charge in [0.15, 0.2) is 0 Å². The van der Waals surface area contributed by atoms with Crippen LogP contribution in [0.15, 0.2) is 87.9 Å². The fourth-order valence-electron chi connectivity index (χ4n) is 2.95. The average molecular weight is 406 g/mol. The van der Waals surface area contributed by atoms with Crippen molar-refractivity contribution in [1.82, 2.24) is 0 Å². The van der Waals surface area contributed by atoms with E-state index < -0.39 is 0 Å². The molecular weight excluding hydrogens is 390 g/mol. The van der Waals surface area contributed by atoms with E-state index in [0.717, 1.165) is 37.8 Å². The van der Waals surface area contributed by atoms with Gasteiger partial charge < -0.3 is 9.73 Å². The maximum Gasteiger partial charge on any atom is 0.228 e. The summed E-state index contributed by atoms with van der Waals surface area (Å²) in [6.45, 7) is 0. The van der Waals surface area contributed by atoms with Gasteiger partial charge in [0, 0.05) is 21.1 Å². The standard InChI is InChI=1S/C22H16BrNO2/c23-18-8-11-21-20(13-18)17(14-26-21)12-22(25)24-19-9-6-16(7-10-19)15-4-2-1-3-5-15/h1-11,13-14H,12H2,(H,24,25). The molecular formula is C22H16BrNO2. The molecule has 3 nitrogen and oxygen atoms in total. The van der Waals surface area contributed by atoms with Crippen LogP contribution in [0.2, 0.25) is 0 Å². The van der Waals surface area contributed by atoms with Gasteiger partial charge in [0.25, 0.3) is 0 Å². The van der Waals surface area contributed by atoms with Gasteiger partial charge in [-0.1, -0.05) is 58.4 Å². The van der Waals surface area contributed by atoms with Gasteiger partial charge in [-0.15, -0.1) is 0 Å². The Balaban J connectivity index is 1.47. The second-order valence-electron chi connectivity index (χ2n) is 6.07. The predicted molar refractivity (Wildman–Crippen MR) is 108 cm³/mol. The van der Waals surface area contributed by atoms with Gasteiger partial charge in [-0.3, -0.25) is 4.79 Å². The third-order valence-corrected chi connectivity index (χ3v) is 4.74. The fraction of sp³-hybridized carbons (Fsp3) is 0.0455. The Bertz CT molecular complexity index is 1050. The van der Waals surface area contributed by atoms with Crippen LogP contribution in [0, 0.1) is 0 Å². The van der Waals surface area contributed by atoms with Crippen LogP contribution in [0.25, 0.3) is 22.1 Å². The monoisotopic (exact) mass is 405 g/mol. The van der Waals surface area contributed by atoms with Crippen molar-refractivity contribution in [3.63, 3.8) is 0 Å². The van der Waals surface area contributed by atoms with E-state index in [4.69, 9.17) is 4.42 Å². The van der Waals surface area contributed by atoms with Gasteiger partial charge in [0.2, 0.25) is 5.91 Å². The van der Waals surface area contributed by atoms with Crippen LogP contribution in [0.5, 0.6) is 0 Å². The molecule has 0 aliphatic rings. The van der Waals surface area contributed by atoms with Gasteiger partial charge in [-0.05, 0) is 41.5 Å². The highest BCUT2D eigenvalue weighted by Crippen LogP contribution is 2.26. The van der Waals surface area contributed by atoms with Gasteiger partial charge >= 0.3 is 0 Å². The molecule has 0 bridgehead atoms. The maximum absolute atomic E-state index is 12.4. The Morgan fingerprint density at radius 2 is 1.65 bits per heavy atom. The quantitative estimate of drug-likeness (QED) is 0.449.